The van der Waals surface area contributed by atoms with Crippen molar-refractivity contribution in [2.24, 2.45) is 0 Å². The number of amides is 2. The van der Waals surface area contributed by atoms with Gasteiger partial charge in [0.2, 0.25) is 0 Å². The van der Waals surface area contributed by atoms with Crippen LogP contribution in [0.3, 0.4) is 0 Å². The Hall–Kier alpha value is -2.08. The van der Waals surface area contributed by atoms with E-state index < -0.39 is 0 Å². The second-order valence-corrected chi connectivity index (χ2v) is 5.63. The van der Waals surface area contributed by atoms with Gasteiger partial charge in [0.15, 0.2) is 0 Å². The van der Waals surface area contributed by atoms with Crippen LogP contribution in [-0.4, -0.2) is 46.8 Å². The zero-order valence-corrected chi connectivity index (χ0v) is 12.3. The van der Waals surface area contributed by atoms with Gasteiger partial charge in [0, 0.05) is 36.2 Å². The molecule has 0 radical (unpaired) electrons. The fraction of sp³-hybridized carbons (Fsp3) is 0.438. The van der Waals surface area contributed by atoms with Crippen molar-refractivity contribution in [3.05, 3.63) is 35.8 Å². The Morgan fingerprint density at radius 1 is 1.45 bits per heavy atom. The predicted octanol–water partition coefficient (Wildman–Crippen LogP) is 2.02. The van der Waals surface area contributed by atoms with Gasteiger partial charge in [-0.25, -0.2) is 9.18 Å². The summed E-state index contributed by atoms with van der Waals surface area (Å²) in [6.45, 7) is 0.831. The number of carbonyl (C=O) groups excluding carboxylic acids is 1. The molecular weight excluding hydrogens is 285 g/mol. The number of H-pyrrole nitrogens is 1. The van der Waals surface area contributed by atoms with Gasteiger partial charge in [-0.05, 0) is 43.0 Å². The van der Waals surface area contributed by atoms with Crippen molar-refractivity contribution in [2.45, 2.75) is 25.3 Å². The molecule has 3 N–H and O–H groups in total. The lowest BCUT2D eigenvalue weighted by molar-refractivity contribution is 0.174. The molecule has 5 nitrogen and oxygen atoms in total. The normalized spacial score (nSPS) is 14.3. The number of hydrogen-bond acceptors (Lipinski definition) is 2. The van der Waals surface area contributed by atoms with Crippen molar-refractivity contribution in [1.29, 1.82) is 0 Å². The third kappa shape index (κ3) is 3.22. The number of benzene rings is 1. The number of aromatic nitrogens is 1. The fourth-order valence-electron chi connectivity index (χ4n) is 2.71. The SMILES string of the molecule is O=C(NCCc1c[nH]c2ccc(F)cc12)N(CCO)C1CC1. The highest BCUT2D eigenvalue weighted by Crippen LogP contribution is 2.26. The van der Waals surface area contributed by atoms with Crippen LogP contribution in [0.4, 0.5) is 9.18 Å². The summed E-state index contributed by atoms with van der Waals surface area (Å²) in [7, 11) is 0. The van der Waals surface area contributed by atoms with Crippen molar-refractivity contribution in [3.8, 4) is 0 Å². The first-order valence-corrected chi connectivity index (χ1v) is 7.60. The molecule has 118 valence electrons. The number of nitrogens with one attached hydrogen (secondary N) is 2. The summed E-state index contributed by atoms with van der Waals surface area (Å²) in [4.78, 5) is 16.9. The highest BCUT2D eigenvalue weighted by molar-refractivity contribution is 5.83. The molecule has 1 aliphatic rings. The van der Waals surface area contributed by atoms with E-state index in [9.17, 15) is 9.18 Å². The first-order chi connectivity index (χ1) is 10.7. The fourth-order valence-corrected chi connectivity index (χ4v) is 2.71. The summed E-state index contributed by atoms with van der Waals surface area (Å²) in [5.74, 6) is -0.264. The van der Waals surface area contributed by atoms with E-state index in [1.165, 1.54) is 12.1 Å². The van der Waals surface area contributed by atoms with Gasteiger partial charge in [0.1, 0.15) is 5.82 Å². The third-order valence-corrected chi connectivity index (χ3v) is 3.99. The zero-order chi connectivity index (χ0) is 15.5. The number of rotatable bonds is 6. The molecule has 1 aliphatic carbocycles. The van der Waals surface area contributed by atoms with Crippen LogP contribution in [-0.2, 0) is 6.42 Å². The van der Waals surface area contributed by atoms with Crippen LogP contribution in [0.15, 0.2) is 24.4 Å². The van der Waals surface area contributed by atoms with Gasteiger partial charge in [-0.1, -0.05) is 0 Å². The number of nitrogens with zero attached hydrogens (tertiary/aromatic N) is 1. The van der Waals surface area contributed by atoms with Gasteiger partial charge in [-0.2, -0.15) is 0 Å². The number of halogens is 1. The summed E-state index contributed by atoms with van der Waals surface area (Å²) in [5, 5.41) is 12.7. The highest BCUT2D eigenvalue weighted by Gasteiger charge is 2.31. The second kappa shape index (κ2) is 6.36. The van der Waals surface area contributed by atoms with E-state index in [2.05, 4.69) is 10.3 Å². The molecule has 0 saturated heterocycles. The van der Waals surface area contributed by atoms with Gasteiger partial charge < -0.3 is 20.3 Å². The molecule has 3 rings (SSSR count). The maximum atomic E-state index is 13.3. The Morgan fingerprint density at radius 3 is 3.00 bits per heavy atom. The number of aromatic amines is 1. The maximum Gasteiger partial charge on any atom is 0.317 e. The Balaban J connectivity index is 1.57. The summed E-state index contributed by atoms with van der Waals surface area (Å²) < 4.78 is 13.3. The van der Waals surface area contributed by atoms with E-state index in [4.69, 9.17) is 5.11 Å². The molecule has 1 heterocycles. The van der Waals surface area contributed by atoms with Crippen LogP contribution in [0.25, 0.3) is 10.9 Å². The van der Waals surface area contributed by atoms with Gasteiger partial charge in [-0.3, -0.25) is 0 Å². The topological polar surface area (TPSA) is 68.4 Å². The standard InChI is InChI=1S/C16H20FN3O2/c17-12-1-4-15-14(9-12)11(10-19-15)5-6-18-16(22)20(7-8-21)13-2-3-13/h1,4,9-10,13,19,21H,2-3,5-8H2,(H,18,22). The molecule has 1 fully saturated rings. The number of aliphatic hydroxyl groups is 1. The molecule has 1 aromatic heterocycles. The van der Waals surface area contributed by atoms with Crippen LogP contribution in [0.2, 0.25) is 0 Å². The average molecular weight is 305 g/mol. The molecule has 0 unspecified atom stereocenters. The quantitative estimate of drug-likeness (QED) is 0.764. The monoisotopic (exact) mass is 305 g/mol. The molecule has 0 spiro atoms. The first kappa shape index (κ1) is 14.8. The largest absolute Gasteiger partial charge is 0.395 e. The minimum atomic E-state index is -0.264. The molecule has 0 aliphatic heterocycles. The van der Waals surface area contributed by atoms with E-state index in [-0.39, 0.29) is 24.5 Å². The minimum Gasteiger partial charge on any atom is -0.395 e. The Morgan fingerprint density at radius 2 is 2.27 bits per heavy atom. The third-order valence-electron chi connectivity index (χ3n) is 3.99. The lowest BCUT2D eigenvalue weighted by atomic mass is 10.1. The number of hydrogen-bond donors (Lipinski definition) is 3. The van der Waals surface area contributed by atoms with E-state index in [0.717, 1.165) is 29.3 Å². The highest BCUT2D eigenvalue weighted by atomic mass is 19.1. The van der Waals surface area contributed by atoms with Crippen molar-refractivity contribution in [3.63, 3.8) is 0 Å². The predicted molar refractivity (Wildman–Crippen MR) is 82.2 cm³/mol. The van der Waals surface area contributed by atoms with Crippen molar-refractivity contribution in [2.75, 3.05) is 19.7 Å². The molecule has 0 bridgehead atoms. The van der Waals surface area contributed by atoms with Crippen molar-refractivity contribution < 1.29 is 14.3 Å². The summed E-state index contributed by atoms with van der Waals surface area (Å²) in [6.07, 6.45) is 4.50. The van der Waals surface area contributed by atoms with Crippen molar-refractivity contribution >= 4 is 16.9 Å². The summed E-state index contributed by atoms with van der Waals surface area (Å²) in [5.41, 5.74) is 1.87. The molecule has 22 heavy (non-hydrogen) atoms. The molecule has 2 amide bonds. The van der Waals surface area contributed by atoms with Crippen LogP contribution in [0.5, 0.6) is 0 Å². The van der Waals surface area contributed by atoms with Crippen LogP contribution in [0.1, 0.15) is 18.4 Å². The molecule has 1 aromatic carbocycles. The Labute approximate surface area is 128 Å². The number of fused-ring (bicyclic) bond motifs is 1. The smallest absolute Gasteiger partial charge is 0.317 e. The average Bonchev–Trinajstić information content (AvgIpc) is 3.27. The summed E-state index contributed by atoms with van der Waals surface area (Å²) in [6, 6.07) is 4.78. The van der Waals surface area contributed by atoms with Gasteiger partial charge in [0.25, 0.3) is 0 Å². The van der Waals surface area contributed by atoms with Crippen molar-refractivity contribution in [1.82, 2.24) is 15.2 Å². The molecular formula is C16H20FN3O2. The Kier molecular flexibility index (Phi) is 4.29. The zero-order valence-electron chi connectivity index (χ0n) is 12.3. The van der Waals surface area contributed by atoms with Gasteiger partial charge in [0.05, 0.1) is 6.61 Å². The van der Waals surface area contributed by atoms with E-state index in [1.54, 1.807) is 11.0 Å². The number of urea groups is 1. The maximum absolute atomic E-state index is 13.3. The minimum absolute atomic E-state index is 0.0222. The molecule has 0 atom stereocenters. The first-order valence-electron chi connectivity index (χ1n) is 7.60. The molecule has 2 aromatic rings. The lowest BCUT2D eigenvalue weighted by Gasteiger charge is -2.21. The van der Waals surface area contributed by atoms with E-state index in [1.807, 2.05) is 6.20 Å². The van der Waals surface area contributed by atoms with Crippen LogP contribution in [0, 0.1) is 5.82 Å². The summed E-state index contributed by atoms with van der Waals surface area (Å²) >= 11 is 0. The number of carbonyl (C=O) groups is 1. The lowest BCUT2D eigenvalue weighted by Crippen LogP contribution is -2.43. The van der Waals surface area contributed by atoms with Gasteiger partial charge >= 0.3 is 6.03 Å². The van der Waals surface area contributed by atoms with Crippen LogP contribution < -0.4 is 5.32 Å². The van der Waals surface area contributed by atoms with E-state index >= 15 is 0 Å². The van der Waals surface area contributed by atoms with E-state index in [0.29, 0.717) is 19.5 Å². The second-order valence-electron chi connectivity index (χ2n) is 5.63. The number of aliphatic hydroxyl groups excluding tert-OH is 1. The van der Waals surface area contributed by atoms with Crippen LogP contribution >= 0.6 is 0 Å². The Bertz CT molecular complexity index is 666. The molecule has 1 saturated carbocycles. The van der Waals surface area contributed by atoms with Gasteiger partial charge in [-0.15, -0.1) is 0 Å². The molecule has 6 heteroatoms.